The van der Waals surface area contributed by atoms with Gasteiger partial charge in [-0.05, 0) is 43.2 Å². The second kappa shape index (κ2) is 7.77. The van der Waals surface area contributed by atoms with Gasteiger partial charge in [0, 0.05) is 28.4 Å². The van der Waals surface area contributed by atoms with Gasteiger partial charge in [0.25, 0.3) is 0 Å². The Morgan fingerprint density at radius 2 is 1.89 bits per heavy atom. The van der Waals surface area contributed by atoms with E-state index in [9.17, 15) is 15.3 Å². The molecule has 0 aliphatic carbocycles. The Bertz CT molecular complexity index is 1070. The van der Waals surface area contributed by atoms with Gasteiger partial charge in [-0.15, -0.1) is 0 Å². The maximum absolute atomic E-state index is 11.5. The normalized spacial score (nSPS) is 18.8. The summed E-state index contributed by atoms with van der Waals surface area (Å²) >= 11 is 0. The van der Waals surface area contributed by atoms with E-state index in [1.54, 1.807) is 37.3 Å². The fourth-order valence-corrected chi connectivity index (χ4v) is 3.45. The summed E-state index contributed by atoms with van der Waals surface area (Å²) in [6, 6.07) is 18.6. The van der Waals surface area contributed by atoms with Gasteiger partial charge >= 0.3 is 0 Å². The van der Waals surface area contributed by atoms with E-state index >= 15 is 0 Å². The van der Waals surface area contributed by atoms with Crippen LogP contribution in [0, 0.1) is 34.5 Å². The van der Waals surface area contributed by atoms with E-state index in [0.29, 0.717) is 34.7 Å². The summed E-state index contributed by atoms with van der Waals surface area (Å²) in [5.74, 6) is -1.41. The van der Waals surface area contributed by atoms with Crippen LogP contribution in [0.3, 0.4) is 0 Å². The number of primary amides is 1. The van der Waals surface area contributed by atoms with Crippen LogP contribution < -0.4 is 11.5 Å². The number of nitrogen functional groups attached to an aromatic ring is 1. The van der Waals surface area contributed by atoms with E-state index in [-0.39, 0.29) is 5.92 Å². The van der Waals surface area contributed by atoms with Crippen LogP contribution >= 0.6 is 0 Å². The third-order valence-electron chi connectivity index (χ3n) is 4.88. The van der Waals surface area contributed by atoms with Crippen LogP contribution in [0.2, 0.25) is 0 Å². The SMILES string of the molecule is CC1=NC(c2ccc(N)cc2)=C(C#N)C(Cc2cccc(C(N)=O)c2)C1C#N. The van der Waals surface area contributed by atoms with Crippen molar-refractivity contribution in [3.63, 3.8) is 0 Å². The van der Waals surface area contributed by atoms with Crippen molar-refractivity contribution in [2.24, 2.45) is 22.6 Å². The third kappa shape index (κ3) is 3.62. The monoisotopic (exact) mass is 369 g/mol. The van der Waals surface area contributed by atoms with E-state index in [0.717, 1.165) is 11.1 Å². The van der Waals surface area contributed by atoms with Crippen molar-refractivity contribution >= 4 is 23.0 Å². The Morgan fingerprint density at radius 3 is 2.50 bits per heavy atom. The lowest BCUT2D eigenvalue weighted by Crippen LogP contribution is -2.28. The number of carbonyl (C=O) groups excluding carboxylic acids is 1. The molecule has 3 rings (SSSR count). The van der Waals surface area contributed by atoms with Crippen molar-refractivity contribution < 1.29 is 4.79 Å². The fourth-order valence-electron chi connectivity index (χ4n) is 3.45. The maximum atomic E-state index is 11.5. The molecule has 2 atom stereocenters. The number of aliphatic imine (C=N–C) groups is 1. The highest BCUT2D eigenvalue weighted by atomic mass is 16.1. The Kier molecular flexibility index (Phi) is 5.24. The molecule has 0 fully saturated rings. The molecule has 4 N–H and O–H groups in total. The molecule has 1 amide bonds. The average Bonchev–Trinajstić information content (AvgIpc) is 2.68. The molecule has 0 aromatic heterocycles. The third-order valence-corrected chi connectivity index (χ3v) is 4.88. The number of hydrogen-bond donors (Lipinski definition) is 2. The smallest absolute Gasteiger partial charge is 0.248 e. The van der Waals surface area contributed by atoms with Gasteiger partial charge in [0.2, 0.25) is 5.91 Å². The van der Waals surface area contributed by atoms with Crippen LogP contribution in [0.1, 0.15) is 28.4 Å². The van der Waals surface area contributed by atoms with Gasteiger partial charge in [-0.1, -0.05) is 24.3 Å². The first-order valence-electron chi connectivity index (χ1n) is 8.78. The van der Waals surface area contributed by atoms with Crippen LogP contribution in [0.5, 0.6) is 0 Å². The number of nitrogens with two attached hydrogens (primary N) is 2. The average molecular weight is 369 g/mol. The van der Waals surface area contributed by atoms with E-state index in [2.05, 4.69) is 17.1 Å². The van der Waals surface area contributed by atoms with Gasteiger partial charge in [0.05, 0.1) is 29.3 Å². The molecule has 6 heteroatoms. The number of allylic oxidation sites excluding steroid dienone is 1. The Morgan fingerprint density at radius 1 is 1.18 bits per heavy atom. The Balaban J connectivity index is 2.09. The summed E-state index contributed by atoms with van der Waals surface area (Å²) in [6.07, 6.45) is 0.424. The second-order valence-corrected chi connectivity index (χ2v) is 6.73. The molecule has 2 aromatic rings. The molecular weight excluding hydrogens is 350 g/mol. The minimum atomic E-state index is -0.524. The molecule has 1 aliphatic rings. The molecule has 0 bridgehead atoms. The van der Waals surface area contributed by atoms with Crippen LogP contribution in [-0.4, -0.2) is 11.6 Å². The first-order chi connectivity index (χ1) is 13.4. The van der Waals surface area contributed by atoms with E-state index < -0.39 is 11.8 Å². The van der Waals surface area contributed by atoms with Crippen molar-refractivity contribution in [2.45, 2.75) is 13.3 Å². The van der Waals surface area contributed by atoms with Crippen LogP contribution in [0.15, 0.2) is 59.1 Å². The highest BCUT2D eigenvalue weighted by Crippen LogP contribution is 2.37. The minimum absolute atomic E-state index is 0.372. The van der Waals surface area contributed by atoms with Gasteiger partial charge in [0.15, 0.2) is 0 Å². The van der Waals surface area contributed by atoms with Gasteiger partial charge in [-0.2, -0.15) is 10.5 Å². The molecule has 0 radical (unpaired) electrons. The van der Waals surface area contributed by atoms with Crippen LogP contribution in [0.25, 0.3) is 5.70 Å². The van der Waals surface area contributed by atoms with E-state index in [1.165, 1.54) is 0 Å². The minimum Gasteiger partial charge on any atom is -0.399 e. The second-order valence-electron chi connectivity index (χ2n) is 6.73. The largest absolute Gasteiger partial charge is 0.399 e. The number of hydrogen-bond acceptors (Lipinski definition) is 5. The molecule has 28 heavy (non-hydrogen) atoms. The van der Waals surface area contributed by atoms with Crippen LogP contribution in [-0.2, 0) is 6.42 Å². The molecule has 6 nitrogen and oxygen atoms in total. The van der Waals surface area contributed by atoms with E-state index in [4.69, 9.17) is 11.5 Å². The molecule has 1 heterocycles. The quantitative estimate of drug-likeness (QED) is 0.802. The summed E-state index contributed by atoms with van der Waals surface area (Å²) < 4.78 is 0. The number of nitriles is 2. The molecule has 0 spiro atoms. The van der Waals surface area contributed by atoms with Crippen molar-refractivity contribution in [3.05, 3.63) is 70.8 Å². The number of nitrogens with zero attached hydrogens (tertiary/aromatic N) is 3. The molecular formula is C22H19N5O. The van der Waals surface area contributed by atoms with Gasteiger partial charge in [0.1, 0.15) is 0 Å². The molecule has 0 saturated carbocycles. The lowest BCUT2D eigenvalue weighted by molar-refractivity contribution is 0.1000. The van der Waals surface area contributed by atoms with Crippen molar-refractivity contribution in [2.75, 3.05) is 5.73 Å². The molecule has 138 valence electrons. The number of anilines is 1. The highest BCUT2D eigenvalue weighted by Gasteiger charge is 2.34. The topological polar surface area (TPSA) is 129 Å². The molecule has 2 unspecified atom stereocenters. The predicted molar refractivity (Wildman–Crippen MR) is 108 cm³/mol. The summed E-state index contributed by atoms with van der Waals surface area (Å²) in [6.45, 7) is 1.80. The van der Waals surface area contributed by atoms with Crippen LogP contribution in [0.4, 0.5) is 5.69 Å². The Hall–Kier alpha value is -3.90. The number of rotatable bonds is 4. The molecule has 1 aliphatic heterocycles. The van der Waals surface area contributed by atoms with E-state index in [1.807, 2.05) is 18.2 Å². The summed E-state index contributed by atoms with van der Waals surface area (Å²) in [4.78, 5) is 16.0. The van der Waals surface area contributed by atoms with Crippen molar-refractivity contribution in [3.8, 4) is 12.1 Å². The number of amides is 1. The Labute approximate surface area is 163 Å². The lowest BCUT2D eigenvalue weighted by Gasteiger charge is -2.27. The molecule has 0 saturated heterocycles. The highest BCUT2D eigenvalue weighted by molar-refractivity contribution is 5.96. The molecule has 2 aromatic carbocycles. The van der Waals surface area contributed by atoms with Gasteiger partial charge in [-0.25, -0.2) is 0 Å². The van der Waals surface area contributed by atoms with Gasteiger partial charge < -0.3 is 11.5 Å². The zero-order chi connectivity index (χ0) is 20.3. The number of carbonyl (C=O) groups is 1. The zero-order valence-corrected chi connectivity index (χ0v) is 15.4. The zero-order valence-electron chi connectivity index (χ0n) is 15.4. The predicted octanol–water partition coefficient (Wildman–Crippen LogP) is 3.08. The summed E-state index contributed by atoms with van der Waals surface area (Å²) in [5, 5.41) is 19.6. The summed E-state index contributed by atoms with van der Waals surface area (Å²) in [7, 11) is 0. The van der Waals surface area contributed by atoms with Crippen molar-refractivity contribution in [1.29, 1.82) is 10.5 Å². The maximum Gasteiger partial charge on any atom is 0.248 e. The standard InChI is InChI=1S/C22H19N5O/c1-13-19(11-23)18(10-14-3-2-4-16(9-14)22(26)28)20(12-24)21(27-13)15-5-7-17(25)8-6-15/h2-9,18-19H,10,25H2,1H3,(H2,26,28). The number of benzene rings is 2. The van der Waals surface area contributed by atoms with Gasteiger partial charge in [-0.3, -0.25) is 9.79 Å². The fraction of sp³-hybridized carbons (Fsp3) is 0.182. The lowest BCUT2D eigenvalue weighted by atomic mass is 9.76. The first-order valence-corrected chi connectivity index (χ1v) is 8.78. The first kappa shape index (κ1) is 18.9. The summed E-state index contributed by atoms with van der Waals surface area (Å²) in [5.41, 5.74) is 15.4. The van der Waals surface area contributed by atoms with Crippen molar-refractivity contribution in [1.82, 2.24) is 0 Å².